The zero-order chi connectivity index (χ0) is 15.3. The van der Waals surface area contributed by atoms with Gasteiger partial charge < -0.3 is 19.7 Å². The molecule has 1 amide bonds. The number of carbonyl (C=O) groups excluding carboxylic acids is 1. The van der Waals surface area contributed by atoms with Crippen molar-refractivity contribution in [3.05, 3.63) is 30.3 Å². The average Bonchev–Trinajstić information content (AvgIpc) is 2.45. The van der Waals surface area contributed by atoms with Crippen LogP contribution in [0.25, 0.3) is 0 Å². The Labute approximate surface area is 126 Å². The maximum Gasteiger partial charge on any atom is 0.410 e. The third kappa shape index (κ3) is 5.27. The van der Waals surface area contributed by atoms with Crippen LogP contribution in [0.3, 0.4) is 0 Å². The Kier molecular flexibility index (Phi) is 5.07. The number of hydrogen-bond acceptors (Lipinski definition) is 4. The van der Waals surface area contributed by atoms with Crippen molar-refractivity contribution in [2.75, 3.05) is 26.2 Å². The van der Waals surface area contributed by atoms with Crippen LogP contribution < -0.4 is 10.1 Å². The van der Waals surface area contributed by atoms with Crippen LogP contribution in [0.2, 0.25) is 0 Å². The van der Waals surface area contributed by atoms with Gasteiger partial charge in [-0.05, 0) is 32.9 Å². The monoisotopic (exact) mass is 292 g/mol. The number of benzene rings is 1. The SMILES string of the molecule is CC(C)(C)OC(=O)N1CCN[C@H](COc2ccccc2)C1. The minimum absolute atomic E-state index is 0.117. The van der Waals surface area contributed by atoms with Crippen molar-refractivity contribution >= 4 is 6.09 Å². The lowest BCUT2D eigenvalue weighted by Gasteiger charge is -2.34. The van der Waals surface area contributed by atoms with E-state index in [1.54, 1.807) is 4.90 Å². The molecule has 21 heavy (non-hydrogen) atoms. The molecule has 0 saturated carbocycles. The number of carbonyl (C=O) groups is 1. The molecule has 1 saturated heterocycles. The molecule has 1 fully saturated rings. The molecule has 1 aromatic carbocycles. The second-order valence-electron chi connectivity index (χ2n) is 6.20. The highest BCUT2D eigenvalue weighted by Gasteiger charge is 2.27. The van der Waals surface area contributed by atoms with E-state index >= 15 is 0 Å². The van der Waals surface area contributed by atoms with E-state index in [9.17, 15) is 4.79 Å². The van der Waals surface area contributed by atoms with E-state index in [1.165, 1.54) is 0 Å². The molecule has 5 nitrogen and oxygen atoms in total. The fourth-order valence-electron chi connectivity index (χ4n) is 2.14. The summed E-state index contributed by atoms with van der Waals surface area (Å²) in [5.41, 5.74) is -0.460. The molecule has 0 aromatic heterocycles. The smallest absolute Gasteiger partial charge is 0.410 e. The lowest BCUT2D eigenvalue weighted by Crippen LogP contribution is -2.55. The van der Waals surface area contributed by atoms with E-state index in [0.717, 1.165) is 12.3 Å². The minimum atomic E-state index is -0.460. The summed E-state index contributed by atoms with van der Waals surface area (Å²) in [6.45, 7) is 8.18. The first-order valence-electron chi connectivity index (χ1n) is 7.33. The van der Waals surface area contributed by atoms with Gasteiger partial charge in [0.2, 0.25) is 0 Å². The van der Waals surface area contributed by atoms with Crippen molar-refractivity contribution in [1.82, 2.24) is 10.2 Å². The third-order valence-electron chi connectivity index (χ3n) is 3.10. The average molecular weight is 292 g/mol. The molecule has 116 valence electrons. The highest BCUT2D eigenvalue weighted by Crippen LogP contribution is 2.13. The van der Waals surface area contributed by atoms with Crippen LogP contribution in [-0.2, 0) is 4.74 Å². The van der Waals surface area contributed by atoms with E-state index in [1.807, 2.05) is 51.1 Å². The van der Waals surface area contributed by atoms with Crippen molar-refractivity contribution in [3.63, 3.8) is 0 Å². The number of nitrogens with one attached hydrogen (secondary N) is 1. The zero-order valence-electron chi connectivity index (χ0n) is 13.0. The summed E-state index contributed by atoms with van der Waals surface area (Å²) in [6, 6.07) is 9.80. The Balaban J connectivity index is 1.82. The fourth-order valence-corrected chi connectivity index (χ4v) is 2.14. The molecule has 1 N–H and O–H groups in total. The predicted molar refractivity (Wildman–Crippen MR) is 81.5 cm³/mol. The second-order valence-corrected chi connectivity index (χ2v) is 6.20. The summed E-state index contributed by atoms with van der Waals surface area (Å²) < 4.78 is 11.1. The number of ether oxygens (including phenoxy) is 2. The van der Waals surface area contributed by atoms with E-state index in [4.69, 9.17) is 9.47 Å². The van der Waals surface area contributed by atoms with Crippen molar-refractivity contribution < 1.29 is 14.3 Å². The Bertz CT molecular complexity index is 456. The third-order valence-corrected chi connectivity index (χ3v) is 3.10. The molecular formula is C16H24N2O3. The summed E-state index contributed by atoms with van der Waals surface area (Å²) in [7, 11) is 0. The summed E-state index contributed by atoms with van der Waals surface area (Å²) in [4.78, 5) is 13.8. The molecule has 2 rings (SSSR count). The quantitative estimate of drug-likeness (QED) is 0.928. The Morgan fingerprint density at radius 3 is 2.71 bits per heavy atom. The van der Waals surface area contributed by atoms with Crippen LogP contribution in [0.4, 0.5) is 4.79 Å². The molecule has 0 bridgehead atoms. The number of nitrogens with zero attached hydrogens (tertiary/aromatic N) is 1. The van der Waals surface area contributed by atoms with Crippen LogP contribution in [0.15, 0.2) is 30.3 Å². The standard InChI is InChI=1S/C16H24N2O3/c1-16(2,3)21-15(19)18-10-9-17-13(11-18)12-20-14-7-5-4-6-8-14/h4-8,13,17H,9-12H2,1-3H3/t13-/m0/s1. The Morgan fingerprint density at radius 2 is 2.05 bits per heavy atom. The molecule has 5 heteroatoms. The molecule has 1 heterocycles. The molecule has 0 aliphatic carbocycles. The normalized spacial score (nSPS) is 19.2. The molecule has 0 spiro atoms. The summed E-state index contributed by atoms with van der Waals surface area (Å²) in [6.07, 6.45) is -0.256. The largest absolute Gasteiger partial charge is 0.492 e. The summed E-state index contributed by atoms with van der Waals surface area (Å²) >= 11 is 0. The van der Waals surface area contributed by atoms with Crippen molar-refractivity contribution in [3.8, 4) is 5.75 Å². The lowest BCUT2D eigenvalue weighted by molar-refractivity contribution is 0.0178. The van der Waals surface area contributed by atoms with Crippen LogP contribution >= 0.6 is 0 Å². The van der Waals surface area contributed by atoms with Crippen LogP contribution in [0.5, 0.6) is 5.75 Å². The van der Waals surface area contributed by atoms with E-state index in [-0.39, 0.29) is 12.1 Å². The Hall–Kier alpha value is -1.75. The number of piperazine rings is 1. The Morgan fingerprint density at radius 1 is 1.33 bits per heavy atom. The molecule has 1 aromatic rings. The van der Waals surface area contributed by atoms with Gasteiger partial charge >= 0.3 is 6.09 Å². The van der Waals surface area contributed by atoms with E-state index in [2.05, 4.69) is 5.32 Å². The number of amides is 1. The van der Waals surface area contributed by atoms with Gasteiger partial charge in [-0.2, -0.15) is 0 Å². The first kappa shape index (κ1) is 15.6. The summed E-state index contributed by atoms with van der Waals surface area (Å²) in [5.74, 6) is 0.841. The van der Waals surface area contributed by atoms with Gasteiger partial charge in [0, 0.05) is 19.6 Å². The van der Waals surface area contributed by atoms with Crippen LogP contribution in [-0.4, -0.2) is 48.9 Å². The predicted octanol–water partition coefficient (Wildman–Crippen LogP) is 2.27. The molecule has 1 aliphatic rings. The van der Waals surface area contributed by atoms with Crippen molar-refractivity contribution in [2.45, 2.75) is 32.4 Å². The highest BCUT2D eigenvalue weighted by molar-refractivity contribution is 5.68. The van der Waals surface area contributed by atoms with Gasteiger partial charge in [-0.15, -0.1) is 0 Å². The molecule has 0 unspecified atom stereocenters. The van der Waals surface area contributed by atoms with E-state index < -0.39 is 5.60 Å². The van der Waals surface area contributed by atoms with Crippen molar-refractivity contribution in [2.24, 2.45) is 0 Å². The van der Waals surface area contributed by atoms with Gasteiger partial charge in [0.05, 0.1) is 6.04 Å². The zero-order valence-corrected chi connectivity index (χ0v) is 13.0. The second kappa shape index (κ2) is 6.80. The fraction of sp³-hybridized carbons (Fsp3) is 0.562. The first-order chi connectivity index (χ1) is 9.94. The lowest BCUT2D eigenvalue weighted by atomic mass is 10.2. The molecule has 0 radical (unpaired) electrons. The number of hydrogen-bond donors (Lipinski definition) is 1. The van der Waals surface area contributed by atoms with Gasteiger partial charge in [0.25, 0.3) is 0 Å². The molecular weight excluding hydrogens is 268 g/mol. The summed E-state index contributed by atoms with van der Waals surface area (Å²) in [5, 5.41) is 3.36. The van der Waals surface area contributed by atoms with E-state index in [0.29, 0.717) is 19.7 Å². The topological polar surface area (TPSA) is 50.8 Å². The van der Waals surface area contributed by atoms with Gasteiger partial charge in [0.15, 0.2) is 0 Å². The minimum Gasteiger partial charge on any atom is -0.492 e. The van der Waals surface area contributed by atoms with Gasteiger partial charge in [-0.25, -0.2) is 4.79 Å². The van der Waals surface area contributed by atoms with Gasteiger partial charge in [-0.1, -0.05) is 18.2 Å². The van der Waals surface area contributed by atoms with Crippen LogP contribution in [0.1, 0.15) is 20.8 Å². The first-order valence-corrected chi connectivity index (χ1v) is 7.33. The highest BCUT2D eigenvalue weighted by atomic mass is 16.6. The molecule has 1 atom stereocenters. The van der Waals surface area contributed by atoms with Gasteiger partial charge in [-0.3, -0.25) is 0 Å². The number of rotatable bonds is 3. The number of para-hydroxylation sites is 1. The van der Waals surface area contributed by atoms with Crippen molar-refractivity contribution in [1.29, 1.82) is 0 Å². The maximum absolute atomic E-state index is 12.1. The molecule has 1 aliphatic heterocycles. The van der Waals surface area contributed by atoms with Gasteiger partial charge in [0.1, 0.15) is 18.0 Å². The van der Waals surface area contributed by atoms with Crippen LogP contribution in [0, 0.1) is 0 Å². The maximum atomic E-state index is 12.1.